The van der Waals surface area contributed by atoms with E-state index in [9.17, 15) is 0 Å². The quantitative estimate of drug-likeness (QED) is 0.799. The summed E-state index contributed by atoms with van der Waals surface area (Å²) in [6, 6.07) is 8.45. The van der Waals surface area contributed by atoms with Crippen molar-refractivity contribution < 1.29 is 4.74 Å². The lowest BCUT2D eigenvalue weighted by Crippen LogP contribution is -2.32. The Kier molecular flexibility index (Phi) is 6.31. The zero-order valence-electron chi connectivity index (χ0n) is 12.7. The van der Waals surface area contributed by atoms with Gasteiger partial charge in [0.15, 0.2) is 0 Å². The highest BCUT2D eigenvalue weighted by molar-refractivity contribution is 6.30. The van der Waals surface area contributed by atoms with Crippen LogP contribution in [-0.4, -0.2) is 19.3 Å². The second kappa shape index (κ2) is 7.28. The third-order valence-electron chi connectivity index (χ3n) is 3.54. The van der Waals surface area contributed by atoms with E-state index in [1.165, 1.54) is 5.56 Å². The van der Waals surface area contributed by atoms with Crippen LogP contribution in [0.2, 0.25) is 5.02 Å². The van der Waals surface area contributed by atoms with Crippen LogP contribution < -0.4 is 5.32 Å². The molecule has 0 aromatic heterocycles. The third-order valence-corrected chi connectivity index (χ3v) is 3.79. The molecule has 0 aliphatic heterocycles. The molecule has 0 heterocycles. The highest BCUT2D eigenvalue weighted by Crippen LogP contribution is 2.23. The van der Waals surface area contributed by atoms with Crippen LogP contribution in [0.1, 0.15) is 45.7 Å². The SMILES string of the molecule is COC(C)(C)CCNC(c1ccc(Cl)cc1)C(C)C. The van der Waals surface area contributed by atoms with Crippen molar-refractivity contribution >= 4 is 11.6 Å². The Bertz CT molecular complexity index is 373. The van der Waals surface area contributed by atoms with Gasteiger partial charge in [-0.15, -0.1) is 0 Å². The van der Waals surface area contributed by atoms with Gasteiger partial charge in [-0.05, 0) is 50.4 Å². The summed E-state index contributed by atoms with van der Waals surface area (Å²) >= 11 is 5.94. The zero-order valence-corrected chi connectivity index (χ0v) is 13.4. The minimum atomic E-state index is -0.0749. The second-order valence-electron chi connectivity index (χ2n) is 5.94. The van der Waals surface area contributed by atoms with Crippen LogP contribution in [0.3, 0.4) is 0 Å². The van der Waals surface area contributed by atoms with Gasteiger partial charge in [0.1, 0.15) is 0 Å². The van der Waals surface area contributed by atoms with Crippen LogP contribution in [0.25, 0.3) is 0 Å². The first-order valence-electron chi connectivity index (χ1n) is 6.90. The number of hydrogen-bond donors (Lipinski definition) is 1. The van der Waals surface area contributed by atoms with Crippen LogP contribution in [0.4, 0.5) is 0 Å². The van der Waals surface area contributed by atoms with Gasteiger partial charge in [0.2, 0.25) is 0 Å². The average molecular weight is 284 g/mol. The molecule has 1 unspecified atom stereocenters. The van der Waals surface area contributed by atoms with Crippen molar-refractivity contribution in [2.45, 2.75) is 45.8 Å². The fourth-order valence-corrected chi connectivity index (χ4v) is 2.17. The summed E-state index contributed by atoms with van der Waals surface area (Å²) in [4.78, 5) is 0. The lowest BCUT2D eigenvalue weighted by Gasteiger charge is -2.27. The van der Waals surface area contributed by atoms with Crippen LogP contribution in [0.5, 0.6) is 0 Å². The summed E-state index contributed by atoms with van der Waals surface area (Å²) in [5.74, 6) is 0.534. The number of rotatable bonds is 7. The maximum atomic E-state index is 5.94. The van der Waals surface area contributed by atoms with Gasteiger partial charge in [-0.2, -0.15) is 0 Å². The molecule has 0 fully saturated rings. The molecule has 1 aromatic carbocycles. The molecule has 0 aliphatic rings. The molecule has 1 N–H and O–H groups in total. The molecule has 0 saturated heterocycles. The smallest absolute Gasteiger partial charge is 0.0634 e. The van der Waals surface area contributed by atoms with E-state index >= 15 is 0 Å². The van der Waals surface area contributed by atoms with Crippen molar-refractivity contribution in [2.75, 3.05) is 13.7 Å². The number of hydrogen-bond acceptors (Lipinski definition) is 2. The molecule has 1 aromatic rings. The van der Waals surface area contributed by atoms with E-state index in [2.05, 4.69) is 45.1 Å². The predicted octanol–water partition coefficient (Wildman–Crippen LogP) is 4.44. The Hall–Kier alpha value is -0.570. The lowest BCUT2D eigenvalue weighted by molar-refractivity contribution is 0.0150. The van der Waals surface area contributed by atoms with E-state index in [1.54, 1.807) is 7.11 Å². The Balaban J connectivity index is 2.62. The maximum absolute atomic E-state index is 5.94. The largest absolute Gasteiger partial charge is 0.379 e. The highest BCUT2D eigenvalue weighted by atomic mass is 35.5. The Labute approximate surface area is 122 Å². The van der Waals surface area contributed by atoms with Crippen molar-refractivity contribution in [2.24, 2.45) is 5.92 Å². The minimum absolute atomic E-state index is 0.0749. The number of methoxy groups -OCH3 is 1. The van der Waals surface area contributed by atoms with Gasteiger partial charge in [-0.3, -0.25) is 0 Å². The molecule has 3 heteroatoms. The van der Waals surface area contributed by atoms with E-state index in [1.807, 2.05) is 12.1 Å². The molecular formula is C16H26ClNO. The third kappa shape index (κ3) is 5.52. The number of benzene rings is 1. The predicted molar refractivity (Wildman–Crippen MR) is 82.7 cm³/mol. The summed E-state index contributed by atoms with van der Waals surface area (Å²) in [6.45, 7) is 9.62. The lowest BCUT2D eigenvalue weighted by atomic mass is 9.95. The standard InChI is InChI=1S/C16H26ClNO/c1-12(2)15(13-6-8-14(17)9-7-13)18-11-10-16(3,4)19-5/h6-9,12,15,18H,10-11H2,1-5H3. The molecule has 1 atom stereocenters. The summed E-state index contributed by atoms with van der Waals surface area (Å²) in [7, 11) is 1.76. The number of nitrogens with one attached hydrogen (secondary N) is 1. The van der Waals surface area contributed by atoms with Crippen molar-refractivity contribution in [3.05, 3.63) is 34.9 Å². The highest BCUT2D eigenvalue weighted by Gasteiger charge is 2.19. The Morgan fingerprint density at radius 3 is 2.26 bits per heavy atom. The molecule has 108 valence electrons. The second-order valence-corrected chi connectivity index (χ2v) is 6.38. The Morgan fingerprint density at radius 1 is 1.21 bits per heavy atom. The number of ether oxygens (including phenoxy) is 1. The van der Waals surface area contributed by atoms with Gasteiger partial charge in [-0.25, -0.2) is 0 Å². The van der Waals surface area contributed by atoms with Crippen LogP contribution in [0.15, 0.2) is 24.3 Å². The van der Waals surface area contributed by atoms with E-state index in [4.69, 9.17) is 16.3 Å². The topological polar surface area (TPSA) is 21.3 Å². The van der Waals surface area contributed by atoms with Crippen molar-refractivity contribution in [1.82, 2.24) is 5.32 Å². The van der Waals surface area contributed by atoms with Gasteiger partial charge in [-0.1, -0.05) is 37.6 Å². The van der Waals surface area contributed by atoms with Gasteiger partial charge in [0.05, 0.1) is 5.60 Å². The first kappa shape index (κ1) is 16.5. The molecule has 19 heavy (non-hydrogen) atoms. The summed E-state index contributed by atoms with van der Waals surface area (Å²) in [6.07, 6.45) is 0.986. The van der Waals surface area contributed by atoms with Crippen molar-refractivity contribution in [3.8, 4) is 0 Å². The molecule has 0 amide bonds. The van der Waals surface area contributed by atoms with Gasteiger partial charge in [0, 0.05) is 18.2 Å². The first-order chi connectivity index (χ1) is 8.85. The first-order valence-corrected chi connectivity index (χ1v) is 7.27. The van der Waals surface area contributed by atoms with Crippen LogP contribution in [0, 0.1) is 5.92 Å². The Morgan fingerprint density at radius 2 is 1.79 bits per heavy atom. The van der Waals surface area contributed by atoms with Gasteiger partial charge in [0.25, 0.3) is 0 Å². The molecular weight excluding hydrogens is 258 g/mol. The minimum Gasteiger partial charge on any atom is -0.379 e. The van der Waals surface area contributed by atoms with E-state index in [0.717, 1.165) is 18.0 Å². The zero-order chi connectivity index (χ0) is 14.5. The maximum Gasteiger partial charge on any atom is 0.0634 e. The molecule has 1 rings (SSSR count). The molecule has 2 nitrogen and oxygen atoms in total. The fraction of sp³-hybridized carbons (Fsp3) is 0.625. The molecule has 0 radical (unpaired) electrons. The van der Waals surface area contributed by atoms with E-state index in [-0.39, 0.29) is 5.60 Å². The normalized spacial score (nSPS) is 13.8. The molecule has 0 spiro atoms. The van der Waals surface area contributed by atoms with Crippen molar-refractivity contribution in [3.63, 3.8) is 0 Å². The fourth-order valence-electron chi connectivity index (χ4n) is 2.04. The van der Waals surface area contributed by atoms with Gasteiger partial charge < -0.3 is 10.1 Å². The van der Waals surface area contributed by atoms with E-state index < -0.39 is 0 Å². The van der Waals surface area contributed by atoms with Crippen LogP contribution >= 0.6 is 11.6 Å². The molecule has 0 bridgehead atoms. The summed E-state index contributed by atoms with van der Waals surface area (Å²) in [5, 5.41) is 4.41. The average Bonchev–Trinajstić information content (AvgIpc) is 2.36. The summed E-state index contributed by atoms with van der Waals surface area (Å²) in [5.41, 5.74) is 1.21. The summed E-state index contributed by atoms with van der Waals surface area (Å²) < 4.78 is 5.44. The number of halogens is 1. The van der Waals surface area contributed by atoms with Gasteiger partial charge >= 0.3 is 0 Å². The van der Waals surface area contributed by atoms with Crippen molar-refractivity contribution in [1.29, 1.82) is 0 Å². The molecule has 0 saturated carbocycles. The molecule has 0 aliphatic carbocycles. The monoisotopic (exact) mass is 283 g/mol. The van der Waals surface area contributed by atoms with E-state index in [0.29, 0.717) is 12.0 Å². The van der Waals surface area contributed by atoms with Crippen LogP contribution in [-0.2, 0) is 4.74 Å².